The zero-order chi connectivity index (χ0) is 14.5. The summed E-state index contributed by atoms with van der Waals surface area (Å²) in [4.78, 5) is 26.3. The summed E-state index contributed by atoms with van der Waals surface area (Å²) in [6.45, 7) is 2.27. The molecule has 0 atom stereocenters. The molecule has 0 radical (unpaired) electrons. The minimum Gasteiger partial charge on any atom is -0.481 e. The monoisotopic (exact) mass is 293 g/mol. The number of benzene rings is 1. The first-order chi connectivity index (χ1) is 9.54. The zero-order valence-corrected chi connectivity index (χ0v) is 11.8. The number of aromatic nitrogens is 1. The van der Waals surface area contributed by atoms with Crippen LogP contribution in [-0.2, 0) is 4.79 Å². The van der Waals surface area contributed by atoms with Crippen molar-refractivity contribution in [2.75, 3.05) is 11.9 Å². The maximum Gasteiger partial charge on any atom is 0.319 e. The quantitative estimate of drug-likeness (QED) is 0.739. The van der Waals surface area contributed by atoms with Crippen LogP contribution in [0.25, 0.3) is 10.2 Å². The number of carbonyl (C=O) groups excluding carboxylic acids is 1. The molecule has 2 rings (SSSR count). The third-order valence-electron chi connectivity index (χ3n) is 2.61. The number of rotatable bonds is 5. The lowest BCUT2D eigenvalue weighted by molar-refractivity contribution is -0.137. The van der Waals surface area contributed by atoms with E-state index in [2.05, 4.69) is 15.6 Å². The van der Waals surface area contributed by atoms with Gasteiger partial charge in [0.25, 0.3) is 0 Å². The van der Waals surface area contributed by atoms with Gasteiger partial charge in [-0.25, -0.2) is 9.78 Å². The Hall–Kier alpha value is -2.15. The molecule has 2 amide bonds. The maximum absolute atomic E-state index is 11.6. The smallest absolute Gasteiger partial charge is 0.319 e. The number of nitrogens with zero attached hydrogens (tertiary/aromatic N) is 1. The maximum atomic E-state index is 11.6. The molecule has 20 heavy (non-hydrogen) atoms. The first kappa shape index (κ1) is 14.3. The second kappa shape index (κ2) is 6.33. The van der Waals surface area contributed by atoms with Crippen LogP contribution in [0.5, 0.6) is 0 Å². The lowest BCUT2D eigenvalue weighted by atomic mass is 10.3. The average Bonchev–Trinajstić information content (AvgIpc) is 2.74. The Morgan fingerprint density at radius 1 is 1.40 bits per heavy atom. The Morgan fingerprint density at radius 2 is 2.20 bits per heavy atom. The molecular weight excluding hydrogens is 278 g/mol. The molecule has 7 heteroatoms. The van der Waals surface area contributed by atoms with Crippen LogP contribution in [0.4, 0.5) is 10.5 Å². The molecule has 0 bridgehead atoms. The summed E-state index contributed by atoms with van der Waals surface area (Å²) in [6.07, 6.45) is 0.461. The molecule has 0 aliphatic rings. The molecule has 0 unspecified atom stereocenters. The molecule has 0 spiro atoms. The highest BCUT2D eigenvalue weighted by atomic mass is 32.1. The van der Waals surface area contributed by atoms with E-state index in [4.69, 9.17) is 5.11 Å². The number of urea groups is 1. The second-order valence-electron chi connectivity index (χ2n) is 4.29. The van der Waals surface area contributed by atoms with Crippen LogP contribution in [0, 0.1) is 6.92 Å². The van der Waals surface area contributed by atoms with E-state index in [0.29, 0.717) is 18.7 Å². The Kier molecular flexibility index (Phi) is 4.52. The number of aryl methyl sites for hydroxylation is 1. The summed E-state index contributed by atoms with van der Waals surface area (Å²) < 4.78 is 1.02. The number of carboxylic acid groups (broad SMARTS) is 1. The minimum absolute atomic E-state index is 0.0480. The number of carbonyl (C=O) groups is 2. The van der Waals surface area contributed by atoms with Crippen LogP contribution in [0.2, 0.25) is 0 Å². The summed E-state index contributed by atoms with van der Waals surface area (Å²) in [5.74, 6) is -0.863. The highest BCUT2D eigenvalue weighted by Crippen LogP contribution is 2.24. The van der Waals surface area contributed by atoms with Crippen molar-refractivity contribution in [1.82, 2.24) is 10.3 Å². The first-order valence-electron chi connectivity index (χ1n) is 6.18. The van der Waals surface area contributed by atoms with Crippen LogP contribution < -0.4 is 10.6 Å². The van der Waals surface area contributed by atoms with Gasteiger partial charge in [0.1, 0.15) is 0 Å². The Labute approximate surface area is 119 Å². The molecule has 6 nitrogen and oxygen atoms in total. The van der Waals surface area contributed by atoms with E-state index in [1.54, 1.807) is 17.4 Å². The fourth-order valence-corrected chi connectivity index (χ4v) is 2.60. The minimum atomic E-state index is -0.863. The van der Waals surface area contributed by atoms with E-state index >= 15 is 0 Å². The predicted molar refractivity (Wildman–Crippen MR) is 78.2 cm³/mol. The molecule has 3 N–H and O–H groups in total. The van der Waals surface area contributed by atoms with Crippen molar-refractivity contribution < 1.29 is 14.7 Å². The van der Waals surface area contributed by atoms with Gasteiger partial charge in [0, 0.05) is 18.7 Å². The molecule has 0 saturated carbocycles. The van der Waals surface area contributed by atoms with E-state index < -0.39 is 5.97 Å². The van der Waals surface area contributed by atoms with E-state index in [-0.39, 0.29) is 12.5 Å². The van der Waals surface area contributed by atoms with Crippen molar-refractivity contribution in [2.24, 2.45) is 0 Å². The molecular formula is C13H15N3O3S. The highest BCUT2D eigenvalue weighted by Gasteiger charge is 2.05. The Bertz CT molecular complexity index is 639. The number of aliphatic carboxylic acids is 1. The number of anilines is 1. The Balaban J connectivity index is 1.87. The van der Waals surface area contributed by atoms with Crippen molar-refractivity contribution in [3.8, 4) is 0 Å². The third kappa shape index (κ3) is 3.92. The summed E-state index contributed by atoms with van der Waals surface area (Å²) >= 11 is 1.57. The number of fused-ring (bicyclic) bond motifs is 1. The van der Waals surface area contributed by atoms with Gasteiger partial charge in [-0.2, -0.15) is 0 Å². The standard InChI is InChI=1S/C13H15N3O3S/c1-8-15-10-5-4-9(7-11(10)20-8)16-13(19)14-6-2-3-12(17)18/h4-5,7H,2-3,6H2,1H3,(H,17,18)(H2,14,16,19). The van der Waals surface area contributed by atoms with Gasteiger partial charge in [0.2, 0.25) is 0 Å². The SMILES string of the molecule is Cc1nc2ccc(NC(=O)NCCCC(=O)O)cc2s1. The largest absolute Gasteiger partial charge is 0.481 e. The molecule has 2 aromatic rings. The number of amides is 2. The van der Waals surface area contributed by atoms with E-state index in [1.807, 2.05) is 19.1 Å². The predicted octanol–water partition coefficient (Wildman–Crippen LogP) is 2.59. The lowest BCUT2D eigenvalue weighted by Crippen LogP contribution is -2.29. The zero-order valence-electron chi connectivity index (χ0n) is 11.0. The third-order valence-corrected chi connectivity index (χ3v) is 3.54. The van der Waals surface area contributed by atoms with Crippen molar-refractivity contribution in [3.63, 3.8) is 0 Å². The van der Waals surface area contributed by atoms with Gasteiger partial charge in [-0.1, -0.05) is 0 Å². The van der Waals surface area contributed by atoms with Crippen LogP contribution >= 0.6 is 11.3 Å². The van der Waals surface area contributed by atoms with Crippen molar-refractivity contribution >= 4 is 39.2 Å². The lowest BCUT2D eigenvalue weighted by Gasteiger charge is -2.06. The molecule has 0 aliphatic carbocycles. The van der Waals surface area contributed by atoms with Crippen molar-refractivity contribution in [1.29, 1.82) is 0 Å². The first-order valence-corrected chi connectivity index (χ1v) is 7.00. The molecule has 0 aliphatic heterocycles. The van der Waals surface area contributed by atoms with E-state index in [1.165, 1.54) is 0 Å². The van der Waals surface area contributed by atoms with Crippen molar-refractivity contribution in [2.45, 2.75) is 19.8 Å². The number of hydrogen-bond acceptors (Lipinski definition) is 4. The number of hydrogen-bond donors (Lipinski definition) is 3. The van der Waals surface area contributed by atoms with Gasteiger partial charge in [0.15, 0.2) is 0 Å². The van der Waals surface area contributed by atoms with Gasteiger partial charge in [-0.3, -0.25) is 4.79 Å². The van der Waals surface area contributed by atoms with Gasteiger partial charge in [-0.05, 0) is 31.5 Å². The number of thiazole rings is 1. The Morgan fingerprint density at radius 3 is 2.95 bits per heavy atom. The second-order valence-corrected chi connectivity index (χ2v) is 5.53. The average molecular weight is 293 g/mol. The molecule has 1 heterocycles. The highest BCUT2D eigenvalue weighted by molar-refractivity contribution is 7.18. The molecule has 0 saturated heterocycles. The number of carboxylic acids is 1. The van der Waals surface area contributed by atoms with Gasteiger partial charge < -0.3 is 15.7 Å². The topological polar surface area (TPSA) is 91.3 Å². The molecule has 0 fully saturated rings. The summed E-state index contributed by atoms with van der Waals surface area (Å²) in [5.41, 5.74) is 1.61. The summed E-state index contributed by atoms with van der Waals surface area (Å²) in [7, 11) is 0. The van der Waals surface area contributed by atoms with Crippen LogP contribution in [0.3, 0.4) is 0 Å². The molecule has 1 aromatic heterocycles. The fraction of sp³-hybridized carbons (Fsp3) is 0.308. The summed E-state index contributed by atoms with van der Waals surface area (Å²) in [5, 5.41) is 14.8. The van der Waals surface area contributed by atoms with Crippen LogP contribution in [0.15, 0.2) is 18.2 Å². The van der Waals surface area contributed by atoms with Crippen molar-refractivity contribution in [3.05, 3.63) is 23.2 Å². The van der Waals surface area contributed by atoms with Gasteiger partial charge in [0.05, 0.1) is 15.2 Å². The summed E-state index contributed by atoms with van der Waals surface area (Å²) in [6, 6.07) is 5.18. The molecule has 106 valence electrons. The van der Waals surface area contributed by atoms with E-state index in [9.17, 15) is 9.59 Å². The number of nitrogens with one attached hydrogen (secondary N) is 2. The molecule has 1 aromatic carbocycles. The van der Waals surface area contributed by atoms with Crippen LogP contribution in [0.1, 0.15) is 17.8 Å². The van der Waals surface area contributed by atoms with Gasteiger partial charge in [-0.15, -0.1) is 11.3 Å². The van der Waals surface area contributed by atoms with Crippen LogP contribution in [-0.4, -0.2) is 28.6 Å². The fourth-order valence-electron chi connectivity index (χ4n) is 1.73. The normalized spacial score (nSPS) is 10.4. The van der Waals surface area contributed by atoms with E-state index in [0.717, 1.165) is 15.2 Å². The van der Waals surface area contributed by atoms with Gasteiger partial charge >= 0.3 is 12.0 Å².